The van der Waals surface area contributed by atoms with E-state index in [2.05, 4.69) is 17.1 Å². The van der Waals surface area contributed by atoms with Crippen molar-refractivity contribution in [1.82, 2.24) is 10.2 Å². The van der Waals surface area contributed by atoms with E-state index in [9.17, 15) is 0 Å². The molecule has 0 aromatic carbocycles. The van der Waals surface area contributed by atoms with Crippen molar-refractivity contribution in [3.63, 3.8) is 0 Å². The van der Waals surface area contributed by atoms with Gasteiger partial charge in [0.05, 0.1) is 5.69 Å². The fraction of sp³-hybridized carbons (Fsp3) is 0.625. The molecule has 11 heavy (non-hydrogen) atoms. The molecule has 0 fully saturated rings. The molecule has 1 rings (SSSR count). The standard InChI is InChI=1S/C8H15N3/c1-5(9)4-8-6(2)7(3)10-11-8/h5H,4,9H2,1-3H3,(H,10,11). The molecule has 0 aliphatic carbocycles. The fourth-order valence-electron chi connectivity index (χ4n) is 1.04. The molecule has 3 nitrogen and oxygen atoms in total. The Kier molecular flexibility index (Phi) is 2.29. The van der Waals surface area contributed by atoms with Crippen LogP contribution in [0.1, 0.15) is 23.9 Å². The summed E-state index contributed by atoms with van der Waals surface area (Å²) in [5, 5.41) is 7.09. The third-order valence-corrected chi connectivity index (χ3v) is 1.87. The van der Waals surface area contributed by atoms with Gasteiger partial charge < -0.3 is 5.73 Å². The van der Waals surface area contributed by atoms with Gasteiger partial charge in [-0.3, -0.25) is 5.10 Å². The van der Waals surface area contributed by atoms with Gasteiger partial charge >= 0.3 is 0 Å². The molecule has 0 aliphatic heterocycles. The minimum atomic E-state index is 0.191. The molecule has 0 radical (unpaired) electrons. The topological polar surface area (TPSA) is 54.7 Å². The predicted molar refractivity (Wildman–Crippen MR) is 45.4 cm³/mol. The van der Waals surface area contributed by atoms with Crippen LogP contribution in [-0.4, -0.2) is 16.2 Å². The number of rotatable bonds is 2. The Morgan fingerprint density at radius 2 is 2.18 bits per heavy atom. The summed E-state index contributed by atoms with van der Waals surface area (Å²) in [7, 11) is 0. The second kappa shape index (κ2) is 3.05. The molecule has 0 amide bonds. The average Bonchev–Trinajstić information content (AvgIpc) is 2.18. The first kappa shape index (κ1) is 8.27. The Morgan fingerprint density at radius 3 is 2.55 bits per heavy atom. The van der Waals surface area contributed by atoms with Gasteiger partial charge in [0.2, 0.25) is 0 Å². The molecule has 0 aliphatic rings. The molecule has 1 heterocycles. The van der Waals surface area contributed by atoms with Crippen LogP contribution in [0.3, 0.4) is 0 Å². The van der Waals surface area contributed by atoms with Crippen LogP contribution >= 0.6 is 0 Å². The van der Waals surface area contributed by atoms with E-state index in [4.69, 9.17) is 5.73 Å². The average molecular weight is 153 g/mol. The summed E-state index contributed by atoms with van der Waals surface area (Å²) in [6.07, 6.45) is 0.857. The van der Waals surface area contributed by atoms with Gasteiger partial charge in [0.15, 0.2) is 0 Å². The zero-order valence-electron chi connectivity index (χ0n) is 7.31. The maximum absolute atomic E-state index is 5.65. The van der Waals surface area contributed by atoms with Gasteiger partial charge in [0, 0.05) is 18.2 Å². The number of nitrogens with one attached hydrogen (secondary N) is 1. The van der Waals surface area contributed by atoms with Gasteiger partial charge in [0.1, 0.15) is 0 Å². The van der Waals surface area contributed by atoms with Crippen LogP contribution in [0.25, 0.3) is 0 Å². The molecule has 1 aromatic rings. The third-order valence-electron chi connectivity index (χ3n) is 1.87. The van der Waals surface area contributed by atoms with Crippen LogP contribution in [0, 0.1) is 13.8 Å². The van der Waals surface area contributed by atoms with Crippen LogP contribution in [0.5, 0.6) is 0 Å². The van der Waals surface area contributed by atoms with E-state index in [1.165, 1.54) is 5.56 Å². The normalized spacial score (nSPS) is 13.5. The van der Waals surface area contributed by atoms with Gasteiger partial charge in [-0.1, -0.05) is 0 Å². The molecule has 62 valence electrons. The Hall–Kier alpha value is -0.830. The van der Waals surface area contributed by atoms with Crippen molar-refractivity contribution >= 4 is 0 Å². The second-order valence-corrected chi connectivity index (χ2v) is 3.10. The first-order valence-electron chi connectivity index (χ1n) is 3.87. The number of nitrogens with two attached hydrogens (primary N) is 1. The highest BCUT2D eigenvalue weighted by Gasteiger charge is 2.06. The number of aromatic amines is 1. The predicted octanol–water partition coefficient (Wildman–Crippen LogP) is 0.916. The smallest absolute Gasteiger partial charge is 0.0669 e. The first-order valence-corrected chi connectivity index (χ1v) is 3.87. The fourth-order valence-corrected chi connectivity index (χ4v) is 1.04. The van der Waals surface area contributed by atoms with Crippen LogP contribution in [0.4, 0.5) is 0 Å². The van der Waals surface area contributed by atoms with E-state index < -0.39 is 0 Å². The lowest BCUT2D eigenvalue weighted by Gasteiger charge is -2.01. The molecule has 1 unspecified atom stereocenters. The van der Waals surface area contributed by atoms with Crippen molar-refractivity contribution in [2.75, 3.05) is 0 Å². The zero-order chi connectivity index (χ0) is 8.43. The number of nitrogens with zero attached hydrogens (tertiary/aromatic N) is 1. The largest absolute Gasteiger partial charge is 0.328 e. The van der Waals surface area contributed by atoms with Gasteiger partial charge in [-0.05, 0) is 26.3 Å². The molecule has 0 bridgehead atoms. The lowest BCUT2D eigenvalue weighted by Crippen LogP contribution is -2.18. The van der Waals surface area contributed by atoms with Gasteiger partial charge in [0.25, 0.3) is 0 Å². The SMILES string of the molecule is Cc1[nH]nc(CC(C)N)c1C. The molecule has 1 atom stereocenters. The highest BCUT2D eigenvalue weighted by molar-refractivity contribution is 5.22. The van der Waals surface area contributed by atoms with Crippen molar-refractivity contribution < 1.29 is 0 Å². The van der Waals surface area contributed by atoms with E-state index in [0.29, 0.717) is 0 Å². The number of hydrogen-bond acceptors (Lipinski definition) is 2. The molecule has 0 spiro atoms. The molecular formula is C8H15N3. The molecule has 0 saturated carbocycles. The number of hydrogen-bond donors (Lipinski definition) is 2. The van der Waals surface area contributed by atoms with Crippen LogP contribution in [0.15, 0.2) is 0 Å². The summed E-state index contributed by atoms with van der Waals surface area (Å²) in [6.45, 7) is 6.08. The summed E-state index contributed by atoms with van der Waals surface area (Å²) >= 11 is 0. The minimum absolute atomic E-state index is 0.191. The van der Waals surface area contributed by atoms with Gasteiger partial charge in [-0.2, -0.15) is 5.10 Å². The van der Waals surface area contributed by atoms with E-state index >= 15 is 0 Å². The van der Waals surface area contributed by atoms with Crippen molar-refractivity contribution in [3.05, 3.63) is 17.0 Å². The van der Waals surface area contributed by atoms with Crippen LogP contribution in [0.2, 0.25) is 0 Å². The summed E-state index contributed by atoms with van der Waals surface area (Å²) in [4.78, 5) is 0. The van der Waals surface area contributed by atoms with E-state index in [-0.39, 0.29) is 6.04 Å². The third kappa shape index (κ3) is 1.80. The summed E-state index contributed by atoms with van der Waals surface area (Å²) in [6, 6.07) is 0.191. The highest BCUT2D eigenvalue weighted by atomic mass is 15.1. The van der Waals surface area contributed by atoms with E-state index in [1.807, 2.05) is 13.8 Å². The zero-order valence-corrected chi connectivity index (χ0v) is 7.31. The van der Waals surface area contributed by atoms with E-state index in [1.54, 1.807) is 0 Å². The van der Waals surface area contributed by atoms with Crippen LogP contribution in [-0.2, 0) is 6.42 Å². The lowest BCUT2D eigenvalue weighted by atomic mass is 10.1. The summed E-state index contributed by atoms with van der Waals surface area (Å²) in [5.41, 5.74) is 9.12. The summed E-state index contributed by atoms with van der Waals surface area (Å²) < 4.78 is 0. The first-order chi connectivity index (χ1) is 5.11. The number of aryl methyl sites for hydroxylation is 1. The lowest BCUT2D eigenvalue weighted by molar-refractivity contribution is 0.716. The molecule has 3 N–H and O–H groups in total. The van der Waals surface area contributed by atoms with Gasteiger partial charge in [-0.15, -0.1) is 0 Å². The maximum atomic E-state index is 5.65. The van der Waals surface area contributed by atoms with Gasteiger partial charge in [-0.25, -0.2) is 0 Å². The Balaban J connectivity index is 2.79. The van der Waals surface area contributed by atoms with Crippen molar-refractivity contribution in [2.45, 2.75) is 33.2 Å². The Morgan fingerprint density at radius 1 is 1.55 bits per heavy atom. The molecular weight excluding hydrogens is 138 g/mol. The monoisotopic (exact) mass is 153 g/mol. The van der Waals surface area contributed by atoms with Crippen molar-refractivity contribution in [2.24, 2.45) is 5.73 Å². The summed E-state index contributed by atoms with van der Waals surface area (Å²) in [5.74, 6) is 0. The molecule has 1 aromatic heterocycles. The molecule has 3 heteroatoms. The van der Waals surface area contributed by atoms with Crippen molar-refractivity contribution in [1.29, 1.82) is 0 Å². The quantitative estimate of drug-likeness (QED) is 0.663. The Bertz CT molecular complexity index is 237. The second-order valence-electron chi connectivity index (χ2n) is 3.10. The van der Waals surface area contributed by atoms with Crippen LogP contribution < -0.4 is 5.73 Å². The minimum Gasteiger partial charge on any atom is -0.328 e. The van der Waals surface area contributed by atoms with Crippen molar-refractivity contribution in [3.8, 4) is 0 Å². The highest BCUT2D eigenvalue weighted by Crippen LogP contribution is 2.09. The number of aromatic nitrogens is 2. The van der Waals surface area contributed by atoms with E-state index in [0.717, 1.165) is 17.8 Å². The maximum Gasteiger partial charge on any atom is 0.0669 e. The number of H-pyrrole nitrogens is 1. The Labute approximate surface area is 67.0 Å². The molecule has 0 saturated heterocycles.